The molecular weight excluding hydrogens is 260 g/mol. The third-order valence-electron chi connectivity index (χ3n) is 3.66. The molecule has 0 saturated heterocycles. The molecule has 19 heavy (non-hydrogen) atoms. The molecule has 3 atom stereocenters. The molecule has 1 aliphatic rings. The van der Waals surface area contributed by atoms with E-state index in [1.54, 1.807) is 11.3 Å². The average Bonchev–Trinajstić information content (AvgIpc) is 3.04. The lowest BCUT2D eigenvalue weighted by Crippen LogP contribution is -2.39. The molecule has 5 heteroatoms. The SMILES string of the molecule is CC(CNC(=O)NCC1CCC(O)C1)c1cccs1. The molecule has 1 saturated carbocycles. The van der Waals surface area contributed by atoms with Gasteiger partial charge in [0.2, 0.25) is 0 Å². The molecule has 3 N–H and O–H groups in total. The maximum atomic E-state index is 11.7. The smallest absolute Gasteiger partial charge is 0.314 e. The van der Waals surface area contributed by atoms with Gasteiger partial charge in [0.15, 0.2) is 0 Å². The number of urea groups is 1. The minimum Gasteiger partial charge on any atom is -0.393 e. The summed E-state index contributed by atoms with van der Waals surface area (Å²) >= 11 is 1.72. The van der Waals surface area contributed by atoms with E-state index in [0.29, 0.717) is 24.9 Å². The summed E-state index contributed by atoms with van der Waals surface area (Å²) in [4.78, 5) is 13.0. The summed E-state index contributed by atoms with van der Waals surface area (Å²) in [5.74, 6) is 0.773. The lowest BCUT2D eigenvalue weighted by molar-refractivity contribution is 0.177. The van der Waals surface area contributed by atoms with Crippen LogP contribution >= 0.6 is 11.3 Å². The number of aliphatic hydroxyl groups is 1. The zero-order chi connectivity index (χ0) is 13.7. The number of rotatable bonds is 5. The van der Waals surface area contributed by atoms with Crippen LogP contribution in [0.4, 0.5) is 4.79 Å². The van der Waals surface area contributed by atoms with Crippen LogP contribution in [0.5, 0.6) is 0 Å². The summed E-state index contributed by atoms with van der Waals surface area (Å²) in [6.07, 6.45) is 2.51. The monoisotopic (exact) mass is 282 g/mol. The van der Waals surface area contributed by atoms with Crippen LogP contribution < -0.4 is 10.6 Å². The maximum absolute atomic E-state index is 11.7. The minimum absolute atomic E-state index is 0.107. The van der Waals surface area contributed by atoms with Crippen LogP contribution in [0.25, 0.3) is 0 Å². The van der Waals surface area contributed by atoms with Crippen LogP contribution in [0.3, 0.4) is 0 Å². The van der Waals surface area contributed by atoms with E-state index < -0.39 is 0 Å². The Morgan fingerprint density at radius 3 is 3.00 bits per heavy atom. The predicted octanol–water partition coefficient (Wildman–Crippen LogP) is 2.31. The van der Waals surface area contributed by atoms with Gasteiger partial charge in [0.05, 0.1) is 6.10 Å². The number of amides is 2. The number of aliphatic hydroxyl groups excluding tert-OH is 1. The van der Waals surface area contributed by atoms with Gasteiger partial charge in [-0.05, 0) is 36.6 Å². The van der Waals surface area contributed by atoms with Crippen molar-refractivity contribution < 1.29 is 9.90 Å². The average molecular weight is 282 g/mol. The number of carbonyl (C=O) groups excluding carboxylic acids is 1. The fourth-order valence-corrected chi connectivity index (χ4v) is 3.24. The Morgan fingerprint density at radius 1 is 1.53 bits per heavy atom. The van der Waals surface area contributed by atoms with E-state index in [2.05, 4.69) is 29.0 Å². The molecule has 0 bridgehead atoms. The Labute approximate surface area is 118 Å². The van der Waals surface area contributed by atoms with Crippen molar-refractivity contribution in [3.05, 3.63) is 22.4 Å². The van der Waals surface area contributed by atoms with Crippen LogP contribution in [-0.2, 0) is 0 Å². The fourth-order valence-electron chi connectivity index (χ4n) is 2.45. The van der Waals surface area contributed by atoms with Crippen LogP contribution in [0.15, 0.2) is 17.5 Å². The highest BCUT2D eigenvalue weighted by molar-refractivity contribution is 7.10. The summed E-state index contributed by atoms with van der Waals surface area (Å²) in [5.41, 5.74) is 0. The van der Waals surface area contributed by atoms with E-state index in [1.807, 2.05) is 6.07 Å². The quantitative estimate of drug-likeness (QED) is 0.776. The van der Waals surface area contributed by atoms with E-state index in [0.717, 1.165) is 19.3 Å². The largest absolute Gasteiger partial charge is 0.393 e. The molecule has 2 rings (SSSR count). The fraction of sp³-hybridized carbons (Fsp3) is 0.643. The zero-order valence-electron chi connectivity index (χ0n) is 11.3. The molecule has 0 aromatic carbocycles. The molecule has 0 radical (unpaired) electrons. The highest BCUT2D eigenvalue weighted by Crippen LogP contribution is 2.24. The number of thiophene rings is 1. The van der Waals surface area contributed by atoms with Gasteiger partial charge in [-0.3, -0.25) is 0 Å². The van der Waals surface area contributed by atoms with Crippen molar-refractivity contribution in [2.24, 2.45) is 5.92 Å². The van der Waals surface area contributed by atoms with Gasteiger partial charge >= 0.3 is 6.03 Å². The first kappa shape index (κ1) is 14.3. The molecule has 4 nitrogen and oxygen atoms in total. The third-order valence-corrected chi connectivity index (χ3v) is 4.77. The molecule has 0 spiro atoms. The van der Waals surface area contributed by atoms with Gasteiger partial charge in [0, 0.05) is 23.9 Å². The highest BCUT2D eigenvalue weighted by atomic mass is 32.1. The normalized spacial score (nSPS) is 24.1. The van der Waals surface area contributed by atoms with Crippen molar-refractivity contribution in [3.8, 4) is 0 Å². The van der Waals surface area contributed by atoms with Gasteiger partial charge in [0.25, 0.3) is 0 Å². The second kappa shape index (κ2) is 6.91. The lowest BCUT2D eigenvalue weighted by atomic mass is 10.1. The second-order valence-corrected chi connectivity index (χ2v) is 6.32. The van der Waals surface area contributed by atoms with Crippen molar-refractivity contribution in [1.29, 1.82) is 0 Å². The zero-order valence-corrected chi connectivity index (χ0v) is 12.1. The van der Waals surface area contributed by atoms with Crippen LogP contribution in [0.2, 0.25) is 0 Å². The molecule has 3 unspecified atom stereocenters. The van der Waals surface area contributed by atoms with E-state index in [9.17, 15) is 9.90 Å². The molecule has 0 aliphatic heterocycles. The Kier molecular flexibility index (Phi) is 5.22. The van der Waals surface area contributed by atoms with E-state index in [4.69, 9.17) is 0 Å². The third kappa shape index (κ3) is 4.51. The summed E-state index contributed by atoms with van der Waals surface area (Å²) in [7, 11) is 0. The van der Waals surface area contributed by atoms with Crippen LogP contribution in [-0.4, -0.2) is 30.3 Å². The number of nitrogens with one attached hydrogen (secondary N) is 2. The molecule has 2 amide bonds. The number of hydrogen-bond acceptors (Lipinski definition) is 3. The second-order valence-electron chi connectivity index (χ2n) is 5.34. The molecule has 1 aromatic rings. The van der Waals surface area contributed by atoms with Gasteiger partial charge in [-0.25, -0.2) is 4.79 Å². The predicted molar refractivity (Wildman–Crippen MR) is 77.5 cm³/mol. The topological polar surface area (TPSA) is 61.4 Å². The Morgan fingerprint density at radius 2 is 2.37 bits per heavy atom. The first-order valence-corrected chi connectivity index (χ1v) is 7.76. The molecule has 1 aromatic heterocycles. The van der Waals surface area contributed by atoms with Crippen LogP contribution in [0.1, 0.15) is 37.0 Å². The molecule has 1 aliphatic carbocycles. The number of hydrogen-bond donors (Lipinski definition) is 3. The standard InChI is InChI=1S/C14H22N2O2S/c1-10(13-3-2-6-19-13)8-15-14(18)16-9-11-4-5-12(17)7-11/h2-3,6,10-12,17H,4-5,7-9H2,1H3,(H2,15,16,18). The Bertz CT molecular complexity index is 394. The number of carbonyl (C=O) groups is 1. The maximum Gasteiger partial charge on any atom is 0.314 e. The van der Waals surface area contributed by atoms with Gasteiger partial charge in [-0.1, -0.05) is 13.0 Å². The molecule has 1 fully saturated rings. The first-order chi connectivity index (χ1) is 9.15. The molecule has 1 heterocycles. The van der Waals surface area contributed by atoms with Crippen LogP contribution in [0, 0.1) is 5.92 Å². The van der Waals surface area contributed by atoms with Gasteiger partial charge < -0.3 is 15.7 Å². The van der Waals surface area contributed by atoms with Crippen molar-refractivity contribution in [3.63, 3.8) is 0 Å². The van der Waals surface area contributed by atoms with Gasteiger partial charge in [0.1, 0.15) is 0 Å². The highest BCUT2D eigenvalue weighted by Gasteiger charge is 2.22. The van der Waals surface area contributed by atoms with Crippen molar-refractivity contribution >= 4 is 17.4 Å². The van der Waals surface area contributed by atoms with Crippen molar-refractivity contribution in [1.82, 2.24) is 10.6 Å². The summed E-state index contributed by atoms with van der Waals surface area (Å²) < 4.78 is 0. The minimum atomic E-state index is -0.172. The molecular formula is C14H22N2O2S. The molecule has 106 valence electrons. The summed E-state index contributed by atoms with van der Waals surface area (Å²) in [5, 5.41) is 17.3. The lowest BCUT2D eigenvalue weighted by Gasteiger charge is -2.14. The Balaban J connectivity index is 1.62. The van der Waals surface area contributed by atoms with Crippen molar-refractivity contribution in [2.75, 3.05) is 13.1 Å². The van der Waals surface area contributed by atoms with E-state index in [1.165, 1.54) is 4.88 Å². The van der Waals surface area contributed by atoms with E-state index >= 15 is 0 Å². The first-order valence-electron chi connectivity index (χ1n) is 6.88. The van der Waals surface area contributed by atoms with Gasteiger partial charge in [-0.2, -0.15) is 0 Å². The van der Waals surface area contributed by atoms with E-state index in [-0.39, 0.29) is 12.1 Å². The summed E-state index contributed by atoms with van der Waals surface area (Å²) in [6.45, 7) is 3.43. The Hall–Kier alpha value is -1.07. The van der Waals surface area contributed by atoms with Gasteiger partial charge in [-0.15, -0.1) is 11.3 Å². The summed E-state index contributed by atoms with van der Waals surface area (Å²) in [6, 6.07) is 4.02. The van der Waals surface area contributed by atoms with Crippen molar-refractivity contribution in [2.45, 2.75) is 38.2 Å².